The highest BCUT2D eigenvalue weighted by Gasteiger charge is 2.05. The number of H-pyrrole nitrogens is 1. The average Bonchev–Trinajstić information content (AvgIpc) is 3.00. The van der Waals surface area contributed by atoms with Crippen LogP contribution in [0, 0.1) is 0 Å². The van der Waals surface area contributed by atoms with E-state index in [4.69, 9.17) is 39.5 Å². The van der Waals surface area contributed by atoms with Gasteiger partial charge in [0.25, 0.3) is 0 Å². The van der Waals surface area contributed by atoms with E-state index in [1.807, 2.05) is 24.4 Å². The van der Waals surface area contributed by atoms with Gasteiger partial charge in [0.15, 0.2) is 0 Å². The van der Waals surface area contributed by atoms with Crippen molar-refractivity contribution in [2.24, 2.45) is 0 Å². The van der Waals surface area contributed by atoms with Crippen molar-refractivity contribution < 1.29 is 9.53 Å². The number of aromatic amines is 1. The van der Waals surface area contributed by atoms with E-state index < -0.39 is 5.97 Å². The SMILES string of the molecule is O=C(/C=C/c1ccc(Cl)cc1Cl)OCCCc1c[nH]c2ccc(Cl)cc12. The zero-order valence-electron chi connectivity index (χ0n) is 13.8. The van der Waals surface area contributed by atoms with Gasteiger partial charge in [-0.1, -0.05) is 40.9 Å². The van der Waals surface area contributed by atoms with Crippen LogP contribution in [0.3, 0.4) is 0 Å². The van der Waals surface area contributed by atoms with E-state index in [9.17, 15) is 4.79 Å². The number of halogens is 3. The number of ether oxygens (including phenoxy) is 1. The van der Waals surface area contributed by atoms with Crippen molar-refractivity contribution in [3.8, 4) is 0 Å². The second-order valence-electron chi connectivity index (χ2n) is 5.77. The van der Waals surface area contributed by atoms with Crippen LogP contribution in [0.25, 0.3) is 17.0 Å². The van der Waals surface area contributed by atoms with Gasteiger partial charge < -0.3 is 9.72 Å². The monoisotopic (exact) mass is 407 g/mol. The van der Waals surface area contributed by atoms with Gasteiger partial charge >= 0.3 is 5.97 Å². The molecule has 0 fully saturated rings. The van der Waals surface area contributed by atoms with Gasteiger partial charge in [-0.2, -0.15) is 0 Å². The first kappa shape index (κ1) is 18.8. The number of carbonyl (C=O) groups is 1. The Bertz CT molecular complexity index is 963. The molecular weight excluding hydrogens is 393 g/mol. The Morgan fingerprint density at radius 3 is 2.65 bits per heavy atom. The van der Waals surface area contributed by atoms with Gasteiger partial charge in [-0.3, -0.25) is 0 Å². The normalized spacial score (nSPS) is 11.3. The topological polar surface area (TPSA) is 42.1 Å². The van der Waals surface area contributed by atoms with Crippen LogP contribution in [-0.2, 0) is 16.0 Å². The third kappa shape index (κ3) is 4.82. The quantitative estimate of drug-likeness (QED) is 0.295. The lowest BCUT2D eigenvalue weighted by Crippen LogP contribution is -2.03. The highest BCUT2D eigenvalue weighted by molar-refractivity contribution is 6.35. The van der Waals surface area contributed by atoms with Crippen LogP contribution in [-0.4, -0.2) is 17.6 Å². The zero-order valence-corrected chi connectivity index (χ0v) is 16.0. The number of rotatable bonds is 6. The Morgan fingerprint density at radius 1 is 1.08 bits per heavy atom. The summed E-state index contributed by atoms with van der Waals surface area (Å²) in [6.45, 7) is 0.338. The maximum Gasteiger partial charge on any atom is 0.330 e. The minimum atomic E-state index is -0.405. The molecule has 0 saturated heterocycles. The molecule has 0 spiro atoms. The summed E-state index contributed by atoms with van der Waals surface area (Å²) in [7, 11) is 0. The molecule has 134 valence electrons. The number of hydrogen-bond donors (Lipinski definition) is 1. The number of benzene rings is 2. The van der Waals surface area contributed by atoms with Gasteiger partial charge in [0.05, 0.1) is 6.61 Å². The van der Waals surface area contributed by atoms with Crippen LogP contribution >= 0.6 is 34.8 Å². The van der Waals surface area contributed by atoms with E-state index in [0.29, 0.717) is 27.2 Å². The molecule has 0 aliphatic heterocycles. The minimum absolute atomic E-state index is 0.338. The van der Waals surface area contributed by atoms with Gasteiger partial charge in [0.2, 0.25) is 0 Å². The number of hydrogen-bond acceptors (Lipinski definition) is 2. The second kappa shape index (κ2) is 8.63. The molecule has 0 bridgehead atoms. The molecule has 0 atom stereocenters. The lowest BCUT2D eigenvalue weighted by Gasteiger charge is -2.03. The summed E-state index contributed by atoms with van der Waals surface area (Å²) in [4.78, 5) is 15.0. The molecular formula is C20H16Cl3NO2. The molecule has 26 heavy (non-hydrogen) atoms. The summed E-state index contributed by atoms with van der Waals surface area (Å²) in [6.07, 6.45) is 6.45. The number of fused-ring (bicyclic) bond motifs is 1. The summed E-state index contributed by atoms with van der Waals surface area (Å²) < 4.78 is 5.23. The van der Waals surface area contributed by atoms with Crippen LogP contribution in [0.5, 0.6) is 0 Å². The Labute approximate surface area is 166 Å². The Kier molecular flexibility index (Phi) is 6.25. The summed E-state index contributed by atoms with van der Waals surface area (Å²) in [5.41, 5.74) is 2.91. The zero-order chi connectivity index (χ0) is 18.5. The highest BCUT2D eigenvalue weighted by Crippen LogP contribution is 2.24. The molecule has 6 heteroatoms. The summed E-state index contributed by atoms with van der Waals surface area (Å²) in [6, 6.07) is 10.8. The largest absolute Gasteiger partial charge is 0.463 e. The third-order valence-electron chi connectivity index (χ3n) is 3.93. The maximum absolute atomic E-state index is 11.8. The molecule has 0 saturated carbocycles. The van der Waals surface area contributed by atoms with Gasteiger partial charge in [0, 0.05) is 38.2 Å². The van der Waals surface area contributed by atoms with Crippen LogP contribution < -0.4 is 0 Å². The van der Waals surface area contributed by atoms with Crippen LogP contribution in [0.15, 0.2) is 48.7 Å². The van der Waals surface area contributed by atoms with Gasteiger partial charge in [0.1, 0.15) is 0 Å². The Hall–Kier alpha value is -1.94. The van der Waals surface area contributed by atoms with E-state index in [1.54, 1.807) is 24.3 Å². The predicted octanol–water partition coefficient (Wildman–Crippen LogP) is 6.32. The van der Waals surface area contributed by atoms with Gasteiger partial charge in [-0.05, 0) is 60.4 Å². The summed E-state index contributed by atoms with van der Waals surface area (Å²) in [5.74, 6) is -0.405. The van der Waals surface area contributed by atoms with Crippen molar-refractivity contribution in [1.82, 2.24) is 4.98 Å². The Balaban J connectivity index is 1.49. The fourth-order valence-electron chi connectivity index (χ4n) is 2.64. The Morgan fingerprint density at radius 2 is 1.85 bits per heavy atom. The number of nitrogens with one attached hydrogen (secondary N) is 1. The first-order chi connectivity index (χ1) is 12.5. The van der Waals surface area contributed by atoms with Crippen molar-refractivity contribution in [2.75, 3.05) is 6.61 Å². The lowest BCUT2D eigenvalue weighted by molar-refractivity contribution is -0.137. The smallest absolute Gasteiger partial charge is 0.330 e. The van der Waals surface area contributed by atoms with E-state index in [-0.39, 0.29) is 0 Å². The van der Waals surface area contributed by atoms with Gasteiger partial charge in [-0.25, -0.2) is 4.79 Å². The first-order valence-electron chi connectivity index (χ1n) is 8.08. The van der Waals surface area contributed by atoms with E-state index in [0.717, 1.165) is 29.3 Å². The molecule has 3 nitrogen and oxygen atoms in total. The molecule has 0 unspecified atom stereocenters. The number of carbonyl (C=O) groups excluding carboxylic acids is 1. The lowest BCUT2D eigenvalue weighted by atomic mass is 10.1. The van der Waals surface area contributed by atoms with Crippen LogP contribution in [0.4, 0.5) is 0 Å². The van der Waals surface area contributed by atoms with E-state index in [2.05, 4.69) is 4.98 Å². The minimum Gasteiger partial charge on any atom is -0.463 e. The number of aryl methyl sites for hydroxylation is 1. The van der Waals surface area contributed by atoms with Crippen LogP contribution in [0.1, 0.15) is 17.5 Å². The fourth-order valence-corrected chi connectivity index (χ4v) is 3.28. The van der Waals surface area contributed by atoms with Crippen molar-refractivity contribution in [3.63, 3.8) is 0 Å². The molecule has 0 aliphatic carbocycles. The second-order valence-corrected chi connectivity index (χ2v) is 7.05. The predicted molar refractivity (Wildman–Crippen MR) is 108 cm³/mol. The van der Waals surface area contributed by atoms with Crippen molar-refractivity contribution in [1.29, 1.82) is 0 Å². The molecule has 3 rings (SSSR count). The molecule has 3 aromatic rings. The molecule has 1 aromatic heterocycles. The average molecular weight is 409 g/mol. The van der Waals surface area contributed by atoms with E-state index >= 15 is 0 Å². The van der Waals surface area contributed by atoms with E-state index in [1.165, 1.54) is 6.08 Å². The van der Waals surface area contributed by atoms with Crippen molar-refractivity contribution in [2.45, 2.75) is 12.8 Å². The fraction of sp³-hybridized carbons (Fsp3) is 0.150. The standard InChI is InChI=1S/C20H16Cl3NO2/c21-15-6-7-19-17(10-15)14(12-24-19)2-1-9-26-20(25)8-4-13-3-5-16(22)11-18(13)23/h3-8,10-12,24H,1-2,9H2/b8-4+. The molecule has 0 radical (unpaired) electrons. The highest BCUT2D eigenvalue weighted by atomic mass is 35.5. The van der Waals surface area contributed by atoms with Crippen LogP contribution in [0.2, 0.25) is 15.1 Å². The molecule has 1 heterocycles. The maximum atomic E-state index is 11.8. The first-order valence-corrected chi connectivity index (χ1v) is 9.22. The summed E-state index contributed by atoms with van der Waals surface area (Å²) >= 11 is 17.9. The molecule has 1 N–H and O–H groups in total. The van der Waals surface area contributed by atoms with Crippen molar-refractivity contribution in [3.05, 3.63) is 74.9 Å². The van der Waals surface area contributed by atoms with Gasteiger partial charge in [-0.15, -0.1) is 0 Å². The number of aromatic nitrogens is 1. The summed E-state index contributed by atoms with van der Waals surface area (Å²) in [5, 5.41) is 2.84. The molecule has 0 aliphatic rings. The van der Waals surface area contributed by atoms with Crippen molar-refractivity contribution >= 4 is 57.8 Å². The molecule has 0 amide bonds. The molecule has 2 aromatic carbocycles. The third-order valence-corrected chi connectivity index (χ3v) is 4.72. The number of esters is 1.